The Morgan fingerprint density at radius 1 is 1.58 bits per heavy atom. The van der Waals surface area contributed by atoms with Crippen LogP contribution in [-0.4, -0.2) is 22.5 Å². The Balaban J connectivity index is 2.53. The summed E-state index contributed by atoms with van der Waals surface area (Å²) in [6.07, 6.45) is 0.733. The van der Waals surface area contributed by atoms with E-state index >= 15 is 0 Å². The van der Waals surface area contributed by atoms with Crippen LogP contribution in [0.25, 0.3) is 0 Å². The van der Waals surface area contributed by atoms with Crippen molar-refractivity contribution in [2.24, 2.45) is 5.92 Å². The molecule has 0 saturated carbocycles. The Kier molecular flexibility index (Phi) is 5.75. The van der Waals surface area contributed by atoms with Crippen LogP contribution in [0.1, 0.15) is 19.8 Å². The second-order valence-electron chi connectivity index (χ2n) is 4.34. The number of aliphatic carboxylic acids is 1. The fourth-order valence-electron chi connectivity index (χ4n) is 1.52. The zero-order valence-electron chi connectivity index (χ0n) is 10.4. The molecule has 1 atom stereocenters. The summed E-state index contributed by atoms with van der Waals surface area (Å²) in [7, 11) is 0. The smallest absolute Gasteiger partial charge is 0.303 e. The number of hydrogen-bond acceptors (Lipinski definition) is 4. The molecule has 0 radical (unpaired) electrons. The highest BCUT2D eigenvalue weighted by molar-refractivity contribution is 9.10. The molecule has 2 N–H and O–H groups in total. The summed E-state index contributed by atoms with van der Waals surface area (Å²) in [5, 5.41) is 22.3. The van der Waals surface area contributed by atoms with E-state index in [9.17, 15) is 14.9 Å². The van der Waals surface area contributed by atoms with Gasteiger partial charge in [-0.15, -0.1) is 0 Å². The third kappa shape index (κ3) is 5.25. The van der Waals surface area contributed by atoms with Gasteiger partial charge >= 0.3 is 5.97 Å². The maximum Gasteiger partial charge on any atom is 0.303 e. The molecule has 1 aromatic carbocycles. The van der Waals surface area contributed by atoms with Crippen LogP contribution in [0.4, 0.5) is 11.4 Å². The molecule has 0 spiro atoms. The van der Waals surface area contributed by atoms with Crippen LogP contribution in [0.5, 0.6) is 0 Å². The van der Waals surface area contributed by atoms with E-state index in [1.54, 1.807) is 6.07 Å². The van der Waals surface area contributed by atoms with Crippen LogP contribution in [0.2, 0.25) is 0 Å². The third-order valence-corrected chi connectivity index (χ3v) is 3.31. The predicted molar refractivity (Wildman–Crippen MR) is 75.3 cm³/mol. The van der Waals surface area contributed by atoms with Gasteiger partial charge in [-0.05, 0) is 34.3 Å². The number of benzene rings is 1. The Bertz CT molecular complexity index is 479. The van der Waals surface area contributed by atoms with E-state index in [0.29, 0.717) is 17.4 Å². The maximum atomic E-state index is 10.6. The van der Waals surface area contributed by atoms with E-state index in [1.165, 1.54) is 12.1 Å². The highest BCUT2D eigenvalue weighted by atomic mass is 79.9. The standard InChI is InChI=1S/C12H15BrN2O4/c1-8(2-5-12(16)17)7-14-11-4-3-9(15(18)19)6-10(11)13/h3-4,6,8,14H,2,5,7H2,1H3,(H,16,17). The Hall–Kier alpha value is -1.63. The van der Waals surface area contributed by atoms with Crippen molar-refractivity contribution in [2.75, 3.05) is 11.9 Å². The molecular weight excluding hydrogens is 316 g/mol. The number of carboxylic acids is 1. The molecule has 1 unspecified atom stereocenters. The van der Waals surface area contributed by atoms with Crippen molar-refractivity contribution in [2.45, 2.75) is 19.8 Å². The van der Waals surface area contributed by atoms with Crippen molar-refractivity contribution >= 4 is 33.3 Å². The van der Waals surface area contributed by atoms with E-state index in [-0.39, 0.29) is 18.0 Å². The zero-order chi connectivity index (χ0) is 14.4. The lowest BCUT2D eigenvalue weighted by molar-refractivity contribution is -0.384. The first-order valence-corrected chi connectivity index (χ1v) is 6.59. The van der Waals surface area contributed by atoms with Crippen LogP contribution in [0, 0.1) is 16.0 Å². The molecule has 6 nitrogen and oxygen atoms in total. The molecule has 19 heavy (non-hydrogen) atoms. The number of carboxylic acid groups (broad SMARTS) is 1. The van der Waals surface area contributed by atoms with Gasteiger partial charge in [0, 0.05) is 35.3 Å². The first kappa shape index (κ1) is 15.4. The molecule has 0 aromatic heterocycles. The summed E-state index contributed by atoms with van der Waals surface area (Å²) < 4.78 is 0.618. The van der Waals surface area contributed by atoms with Gasteiger partial charge < -0.3 is 10.4 Å². The fraction of sp³-hybridized carbons (Fsp3) is 0.417. The monoisotopic (exact) mass is 330 g/mol. The lowest BCUT2D eigenvalue weighted by Gasteiger charge is -2.13. The molecule has 0 saturated heterocycles. The fourth-order valence-corrected chi connectivity index (χ4v) is 2.02. The highest BCUT2D eigenvalue weighted by Gasteiger charge is 2.10. The van der Waals surface area contributed by atoms with E-state index in [2.05, 4.69) is 21.2 Å². The zero-order valence-corrected chi connectivity index (χ0v) is 12.0. The van der Waals surface area contributed by atoms with E-state index < -0.39 is 10.9 Å². The minimum absolute atomic E-state index is 0.0244. The van der Waals surface area contributed by atoms with Crippen molar-refractivity contribution < 1.29 is 14.8 Å². The van der Waals surface area contributed by atoms with Crippen molar-refractivity contribution in [1.82, 2.24) is 0 Å². The van der Waals surface area contributed by atoms with Gasteiger partial charge in [-0.25, -0.2) is 0 Å². The first-order chi connectivity index (χ1) is 8.90. The molecule has 0 heterocycles. The van der Waals surface area contributed by atoms with E-state index in [0.717, 1.165) is 5.69 Å². The lowest BCUT2D eigenvalue weighted by atomic mass is 10.1. The van der Waals surface area contributed by atoms with Gasteiger partial charge in [0.1, 0.15) is 0 Å². The molecule has 0 amide bonds. The summed E-state index contributed by atoms with van der Waals surface area (Å²) >= 11 is 3.27. The average molecular weight is 331 g/mol. The van der Waals surface area contributed by atoms with Crippen LogP contribution in [0.3, 0.4) is 0 Å². The second-order valence-corrected chi connectivity index (χ2v) is 5.19. The molecular formula is C12H15BrN2O4. The van der Waals surface area contributed by atoms with Crippen LogP contribution in [-0.2, 0) is 4.79 Å². The molecule has 1 rings (SSSR count). The van der Waals surface area contributed by atoms with Crippen molar-refractivity contribution in [1.29, 1.82) is 0 Å². The Labute approximate surface area is 119 Å². The van der Waals surface area contributed by atoms with Crippen LogP contribution < -0.4 is 5.32 Å². The minimum Gasteiger partial charge on any atom is -0.481 e. The number of nitrogens with one attached hydrogen (secondary N) is 1. The molecule has 1 aromatic rings. The molecule has 0 aliphatic heterocycles. The maximum absolute atomic E-state index is 10.6. The molecule has 0 aliphatic rings. The van der Waals surface area contributed by atoms with E-state index in [4.69, 9.17) is 5.11 Å². The van der Waals surface area contributed by atoms with Crippen molar-refractivity contribution in [3.8, 4) is 0 Å². The molecule has 0 fully saturated rings. The van der Waals surface area contributed by atoms with Gasteiger partial charge in [-0.2, -0.15) is 0 Å². The topological polar surface area (TPSA) is 92.5 Å². The summed E-state index contributed by atoms with van der Waals surface area (Å²) in [6.45, 7) is 2.57. The van der Waals surface area contributed by atoms with Gasteiger partial charge in [-0.3, -0.25) is 14.9 Å². The number of halogens is 1. The lowest BCUT2D eigenvalue weighted by Crippen LogP contribution is -2.13. The van der Waals surface area contributed by atoms with Crippen molar-refractivity contribution in [3.63, 3.8) is 0 Å². The highest BCUT2D eigenvalue weighted by Crippen LogP contribution is 2.27. The number of carbonyl (C=O) groups is 1. The third-order valence-electron chi connectivity index (χ3n) is 2.66. The van der Waals surface area contributed by atoms with Crippen LogP contribution in [0.15, 0.2) is 22.7 Å². The average Bonchev–Trinajstić information content (AvgIpc) is 2.34. The molecule has 104 valence electrons. The number of nitro benzene ring substituents is 1. The number of nitro groups is 1. The van der Waals surface area contributed by atoms with Gasteiger partial charge in [0.15, 0.2) is 0 Å². The SMILES string of the molecule is CC(CCC(=O)O)CNc1ccc([N+](=O)[O-])cc1Br. The number of nitrogens with zero attached hydrogens (tertiary/aromatic N) is 1. The van der Waals surface area contributed by atoms with Gasteiger partial charge in [0.05, 0.1) is 4.92 Å². The molecule has 7 heteroatoms. The molecule has 0 bridgehead atoms. The number of rotatable bonds is 7. The Morgan fingerprint density at radius 3 is 2.79 bits per heavy atom. The quantitative estimate of drug-likeness (QED) is 0.591. The van der Waals surface area contributed by atoms with Crippen LogP contribution >= 0.6 is 15.9 Å². The largest absolute Gasteiger partial charge is 0.481 e. The van der Waals surface area contributed by atoms with E-state index in [1.807, 2.05) is 6.92 Å². The predicted octanol–water partition coefficient (Wildman–Crippen LogP) is 3.27. The normalized spacial score (nSPS) is 11.9. The summed E-state index contributed by atoms with van der Waals surface area (Å²) in [4.78, 5) is 20.6. The van der Waals surface area contributed by atoms with Crippen molar-refractivity contribution in [3.05, 3.63) is 32.8 Å². The van der Waals surface area contributed by atoms with Gasteiger partial charge in [-0.1, -0.05) is 6.92 Å². The summed E-state index contributed by atoms with van der Waals surface area (Å²) in [5.41, 5.74) is 0.782. The number of anilines is 1. The minimum atomic E-state index is -0.802. The first-order valence-electron chi connectivity index (χ1n) is 5.79. The number of hydrogen-bond donors (Lipinski definition) is 2. The summed E-state index contributed by atoms with van der Waals surface area (Å²) in [5.74, 6) is -0.596. The number of non-ortho nitro benzene ring substituents is 1. The second kappa shape index (κ2) is 7.08. The molecule has 0 aliphatic carbocycles. The summed E-state index contributed by atoms with van der Waals surface area (Å²) in [6, 6.07) is 4.49. The Morgan fingerprint density at radius 2 is 2.26 bits per heavy atom. The van der Waals surface area contributed by atoms with Gasteiger partial charge in [0.2, 0.25) is 0 Å². The van der Waals surface area contributed by atoms with Gasteiger partial charge in [0.25, 0.3) is 5.69 Å².